The second kappa shape index (κ2) is 8.99. The second-order valence-electron chi connectivity index (χ2n) is 7.83. The molecule has 0 spiro atoms. The third-order valence-electron chi connectivity index (χ3n) is 5.34. The highest BCUT2D eigenvalue weighted by Gasteiger charge is 2.36. The fourth-order valence-electron chi connectivity index (χ4n) is 3.32. The number of nitrogens with one attached hydrogen (secondary N) is 2. The molecule has 2 amide bonds. The van der Waals surface area contributed by atoms with Gasteiger partial charge < -0.3 is 20.3 Å². The summed E-state index contributed by atoms with van der Waals surface area (Å²) in [5.74, 6) is -0.217. The second-order valence-corrected chi connectivity index (χ2v) is 7.83. The number of rotatable bonds is 6. The van der Waals surface area contributed by atoms with Crippen LogP contribution in [0.3, 0.4) is 0 Å². The molecule has 154 valence electrons. The van der Waals surface area contributed by atoms with Gasteiger partial charge >= 0.3 is 0 Å². The van der Waals surface area contributed by atoms with Crippen LogP contribution in [0.15, 0.2) is 48.5 Å². The summed E-state index contributed by atoms with van der Waals surface area (Å²) in [5, 5.41) is 5.65. The van der Waals surface area contributed by atoms with E-state index in [0.29, 0.717) is 17.1 Å². The van der Waals surface area contributed by atoms with Gasteiger partial charge in [-0.1, -0.05) is 12.1 Å². The van der Waals surface area contributed by atoms with Crippen molar-refractivity contribution >= 4 is 28.9 Å². The van der Waals surface area contributed by atoms with Crippen molar-refractivity contribution in [1.82, 2.24) is 0 Å². The summed E-state index contributed by atoms with van der Waals surface area (Å²) < 4.78 is 5.26. The minimum absolute atomic E-state index is 0.365. The zero-order chi connectivity index (χ0) is 20.9. The predicted molar refractivity (Wildman–Crippen MR) is 117 cm³/mol. The summed E-state index contributed by atoms with van der Waals surface area (Å²) in [6, 6.07) is 14.9. The maximum absolute atomic E-state index is 12.8. The number of hydrogen-bond donors (Lipinski definition) is 2. The molecule has 2 aromatic rings. The lowest BCUT2D eigenvalue weighted by Gasteiger charge is -2.29. The minimum Gasteiger partial charge on any atom is -0.495 e. The van der Waals surface area contributed by atoms with Gasteiger partial charge in [-0.05, 0) is 69.5 Å². The largest absolute Gasteiger partial charge is 0.495 e. The maximum atomic E-state index is 12.8. The van der Waals surface area contributed by atoms with Crippen LogP contribution in [0.1, 0.15) is 33.1 Å². The summed E-state index contributed by atoms with van der Waals surface area (Å²) in [4.78, 5) is 27.9. The highest BCUT2D eigenvalue weighted by molar-refractivity contribution is 6.14. The molecule has 1 saturated heterocycles. The van der Waals surface area contributed by atoms with E-state index in [1.165, 1.54) is 26.4 Å². The molecule has 6 nitrogen and oxygen atoms in total. The number of nitrogens with zero attached hydrogens (tertiary/aromatic N) is 1. The zero-order valence-corrected chi connectivity index (χ0v) is 17.3. The van der Waals surface area contributed by atoms with Crippen LogP contribution in [-0.2, 0) is 9.59 Å². The van der Waals surface area contributed by atoms with Crippen molar-refractivity contribution in [3.8, 4) is 5.75 Å². The van der Waals surface area contributed by atoms with E-state index in [2.05, 4.69) is 15.5 Å². The van der Waals surface area contributed by atoms with Crippen molar-refractivity contribution in [3.05, 3.63) is 48.5 Å². The molecule has 29 heavy (non-hydrogen) atoms. The number of anilines is 3. The van der Waals surface area contributed by atoms with Crippen LogP contribution < -0.4 is 20.3 Å². The van der Waals surface area contributed by atoms with Crippen LogP contribution in [0.4, 0.5) is 17.1 Å². The highest BCUT2D eigenvalue weighted by atomic mass is 16.5. The smallest absolute Gasteiger partial charge is 0.239 e. The molecule has 0 saturated carbocycles. The van der Waals surface area contributed by atoms with Gasteiger partial charge in [0.1, 0.15) is 11.2 Å². The standard InChI is InChI=1S/C23H29N3O3/c1-23(2,22(28)25-19-9-5-6-10-20(19)29-3)21(27)24-17-11-13-18(14-12-17)26-15-7-4-8-16-26/h5-6,9-14H,4,7-8,15-16H2,1-3H3,(H,24,27)(H,25,28). The first-order valence-electron chi connectivity index (χ1n) is 10.0. The summed E-state index contributed by atoms with van der Waals surface area (Å²) in [6.45, 7) is 5.36. The van der Waals surface area contributed by atoms with Crippen molar-refractivity contribution in [2.75, 3.05) is 35.7 Å². The average Bonchev–Trinajstić information content (AvgIpc) is 2.75. The van der Waals surface area contributed by atoms with Gasteiger partial charge in [0.25, 0.3) is 0 Å². The topological polar surface area (TPSA) is 70.7 Å². The number of methoxy groups -OCH3 is 1. The molecule has 1 aliphatic heterocycles. The van der Waals surface area contributed by atoms with Gasteiger partial charge in [-0.2, -0.15) is 0 Å². The molecule has 0 aliphatic carbocycles. The third kappa shape index (κ3) is 4.88. The fourth-order valence-corrected chi connectivity index (χ4v) is 3.32. The number of benzene rings is 2. The molecule has 1 fully saturated rings. The van der Waals surface area contributed by atoms with Crippen molar-refractivity contribution < 1.29 is 14.3 Å². The molecule has 0 atom stereocenters. The van der Waals surface area contributed by atoms with Gasteiger partial charge in [-0.3, -0.25) is 9.59 Å². The Morgan fingerprint density at radius 1 is 0.897 bits per heavy atom. The monoisotopic (exact) mass is 395 g/mol. The molecule has 1 heterocycles. The molecule has 0 bridgehead atoms. The molecule has 1 aliphatic rings. The first-order chi connectivity index (χ1) is 13.9. The number of amides is 2. The summed E-state index contributed by atoms with van der Waals surface area (Å²) in [6.07, 6.45) is 3.72. The van der Waals surface area contributed by atoms with Crippen LogP contribution in [0.5, 0.6) is 5.75 Å². The minimum atomic E-state index is -1.26. The van der Waals surface area contributed by atoms with Gasteiger partial charge in [0.05, 0.1) is 12.8 Å². The van der Waals surface area contributed by atoms with Crippen molar-refractivity contribution in [2.24, 2.45) is 5.41 Å². The number of carbonyl (C=O) groups is 2. The van der Waals surface area contributed by atoms with Gasteiger partial charge in [0.15, 0.2) is 0 Å². The van der Waals surface area contributed by atoms with Crippen molar-refractivity contribution in [3.63, 3.8) is 0 Å². The number of hydrogen-bond acceptors (Lipinski definition) is 4. The normalized spacial score (nSPS) is 14.2. The molecule has 3 rings (SSSR count). The quantitative estimate of drug-likeness (QED) is 0.716. The van der Waals surface area contributed by atoms with Gasteiger partial charge in [-0.15, -0.1) is 0 Å². The molecule has 0 unspecified atom stereocenters. The van der Waals surface area contributed by atoms with Gasteiger partial charge in [0, 0.05) is 24.5 Å². The van der Waals surface area contributed by atoms with E-state index in [0.717, 1.165) is 18.8 Å². The van der Waals surface area contributed by atoms with E-state index in [1.54, 1.807) is 32.0 Å². The predicted octanol–water partition coefficient (Wildman–Crippen LogP) is 4.29. The highest BCUT2D eigenvalue weighted by Crippen LogP contribution is 2.28. The Bertz CT molecular complexity index is 856. The summed E-state index contributed by atoms with van der Waals surface area (Å²) >= 11 is 0. The number of ether oxygens (including phenoxy) is 1. The van der Waals surface area contributed by atoms with E-state index < -0.39 is 11.3 Å². The molecule has 2 aromatic carbocycles. The SMILES string of the molecule is COc1ccccc1NC(=O)C(C)(C)C(=O)Nc1ccc(N2CCCCC2)cc1. The van der Waals surface area contributed by atoms with E-state index >= 15 is 0 Å². The van der Waals surface area contributed by atoms with E-state index in [4.69, 9.17) is 4.74 Å². The molecule has 2 N–H and O–H groups in total. The summed E-state index contributed by atoms with van der Waals surface area (Å²) in [7, 11) is 1.54. The Morgan fingerprint density at radius 3 is 2.17 bits per heavy atom. The lowest BCUT2D eigenvalue weighted by Crippen LogP contribution is -2.41. The van der Waals surface area contributed by atoms with Gasteiger partial charge in [0.2, 0.25) is 11.8 Å². The van der Waals surface area contributed by atoms with E-state index in [9.17, 15) is 9.59 Å². The Kier molecular flexibility index (Phi) is 6.42. The van der Waals surface area contributed by atoms with Crippen LogP contribution in [0, 0.1) is 5.41 Å². The summed E-state index contributed by atoms with van der Waals surface area (Å²) in [5.41, 5.74) is 1.11. The first kappa shape index (κ1) is 20.7. The average molecular weight is 396 g/mol. The Morgan fingerprint density at radius 2 is 1.52 bits per heavy atom. The third-order valence-corrected chi connectivity index (χ3v) is 5.34. The zero-order valence-electron chi connectivity index (χ0n) is 17.3. The van der Waals surface area contributed by atoms with Gasteiger partial charge in [-0.25, -0.2) is 0 Å². The van der Waals surface area contributed by atoms with Crippen LogP contribution in [-0.4, -0.2) is 32.0 Å². The molecule has 0 aromatic heterocycles. The van der Waals surface area contributed by atoms with Crippen molar-refractivity contribution in [1.29, 1.82) is 0 Å². The first-order valence-corrected chi connectivity index (χ1v) is 10.0. The molecular weight excluding hydrogens is 366 g/mol. The van der Waals surface area contributed by atoms with Crippen LogP contribution >= 0.6 is 0 Å². The maximum Gasteiger partial charge on any atom is 0.239 e. The van der Waals surface area contributed by atoms with E-state index in [1.807, 2.05) is 30.3 Å². The number of piperidine rings is 1. The number of para-hydroxylation sites is 2. The van der Waals surface area contributed by atoms with Crippen molar-refractivity contribution in [2.45, 2.75) is 33.1 Å². The molecule has 6 heteroatoms. The fraction of sp³-hybridized carbons (Fsp3) is 0.391. The van der Waals surface area contributed by atoms with Crippen LogP contribution in [0.25, 0.3) is 0 Å². The Hall–Kier alpha value is -3.02. The van der Waals surface area contributed by atoms with Crippen LogP contribution in [0.2, 0.25) is 0 Å². The Balaban J connectivity index is 1.64. The lowest BCUT2D eigenvalue weighted by atomic mass is 9.90. The van der Waals surface area contributed by atoms with E-state index in [-0.39, 0.29) is 5.91 Å². The Labute approximate surface area is 172 Å². The lowest BCUT2D eigenvalue weighted by molar-refractivity contribution is -0.135. The molecular formula is C23H29N3O3. The number of carbonyl (C=O) groups excluding carboxylic acids is 2. The molecule has 0 radical (unpaired) electrons.